The van der Waals surface area contributed by atoms with Crippen molar-refractivity contribution in [2.45, 2.75) is 6.10 Å². The molecule has 0 bridgehead atoms. The van der Waals surface area contributed by atoms with Gasteiger partial charge in [-0.25, -0.2) is 0 Å². The van der Waals surface area contributed by atoms with E-state index in [0.717, 1.165) is 0 Å². The summed E-state index contributed by atoms with van der Waals surface area (Å²) >= 11 is 0. The molecule has 2 rings (SSSR count). The molecular formula is C8H7NO2. The van der Waals surface area contributed by atoms with Crippen LogP contribution in [0.2, 0.25) is 0 Å². The van der Waals surface area contributed by atoms with Gasteiger partial charge in [0.1, 0.15) is 0 Å². The van der Waals surface area contributed by atoms with Gasteiger partial charge in [0.05, 0.1) is 0 Å². The quantitative estimate of drug-likeness (QED) is 0.569. The number of aliphatic hydroxyl groups is 1. The van der Waals surface area contributed by atoms with Crippen molar-refractivity contribution in [3.05, 3.63) is 29.8 Å². The summed E-state index contributed by atoms with van der Waals surface area (Å²) in [4.78, 5) is 10.9. The molecule has 0 saturated carbocycles. The predicted octanol–water partition coefficient (Wildman–Crippen LogP) is 0.672. The average molecular weight is 149 g/mol. The molecule has 1 amide bonds. The van der Waals surface area contributed by atoms with Crippen molar-refractivity contribution in [1.82, 2.24) is 0 Å². The second-order valence-corrected chi connectivity index (χ2v) is 2.48. The van der Waals surface area contributed by atoms with Gasteiger partial charge >= 0.3 is 0 Å². The van der Waals surface area contributed by atoms with Crippen molar-refractivity contribution >= 4 is 11.6 Å². The maximum atomic E-state index is 10.9. The zero-order valence-electron chi connectivity index (χ0n) is 5.74. The van der Waals surface area contributed by atoms with E-state index >= 15 is 0 Å². The summed E-state index contributed by atoms with van der Waals surface area (Å²) in [6.45, 7) is 0. The monoisotopic (exact) mass is 149 g/mol. The van der Waals surface area contributed by atoms with Gasteiger partial charge in [0.15, 0.2) is 6.10 Å². The fourth-order valence-corrected chi connectivity index (χ4v) is 1.19. The van der Waals surface area contributed by atoms with Gasteiger partial charge in [-0.3, -0.25) is 4.79 Å². The SMILES string of the molecule is O=C1Nc2ccccc2[C@@H]1O. The third-order valence-electron chi connectivity index (χ3n) is 1.76. The Balaban J connectivity index is 2.55. The number of benzene rings is 1. The maximum Gasteiger partial charge on any atom is 0.257 e. The van der Waals surface area contributed by atoms with Crippen LogP contribution in [0.4, 0.5) is 5.69 Å². The van der Waals surface area contributed by atoms with Gasteiger partial charge in [-0.1, -0.05) is 18.2 Å². The van der Waals surface area contributed by atoms with Crippen molar-refractivity contribution in [3.63, 3.8) is 0 Å². The van der Waals surface area contributed by atoms with Crippen molar-refractivity contribution in [2.24, 2.45) is 0 Å². The Morgan fingerprint density at radius 1 is 1.36 bits per heavy atom. The lowest BCUT2D eigenvalue weighted by atomic mass is 10.1. The Labute approximate surface area is 63.7 Å². The third kappa shape index (κ3) is 0.816. The van der Waals surface area contributed by atoms with E-state index in [9.17, 15) is 9.90 Å². The lowest BCUT2D eigenvalue weighted by Crippen LogP contribution is -2.10. The Kier molecular flexibility index (Phi) is 1.20. The second kappa shape index (κ2) is 2.07. The van der Waals surface area contributed by atoms with Gasteiger partial charge in [-0.15, -0.1) is 0 Å². The summed E-state index contributed by atoms with van der Waals surface area (Å²) in [5.74, 6) is -0.341. The molecule has 11 heavy (non-hydrogen) atoms. The highest BCUT2D eigenvalue weighted by Gasteiger charge is 2.27. The number of hydrogen-bond acceptors (Lipinski definition) is 2. The molecule has 3 heteroatoms. The lowest BCUT2D eigenvalue weighted by Gasteiger charge is -1.96. The van der Waals surface area contributed by atoms with Crippen LogP contribution in [0.1, 0.15) is 11.7 Å². The first-order valence-corrected chi connectivity index (χ1v) is 3.37. The van der Waals surface area contributed by atoms with Crippen molar-refractivity contribution in [1.29, 1.82) is 0 Å². The van der Waals surface area contributed by atoms with Gasteiger partial charge in [0, 0.05) is 11.3 Å². The molecule has 56 valence electrons. The number of carbonyl (C=O) groups is 1. The number of fused-ring (bicyclic) bond motifs is 1. The Morgan fingerprint density at radius 2 is 2.09 bits per heavy atom. The highest BCUT2D eigenvalue weighted by atomic mass is 16.3. The van der Waals surface area contributed by atoms with Crippen LogP contribution in [0, 0.1) is 0 Å². The van der Waals surface area contributed by atoms with E-state index in [4.69, 9.17) is 0 Å². The molecule has 0 saturated heterocycles. The van der Waals surface area contributed by atoms with Gasteiger partial charge in [-0.2, -0.15) is 0 Å². The van der Waals surface area contributed by atoms with Crippen LogP contribution in [0.3, 0.4) is 0 Å². The van der Waals surface area contributed by atoms with Crippen molar-refractivity contribution < 1.29 is 9.90 Å². The molecule has 1 atom stereocenters. The van der Waals surface area contributed by atoms with Crippen LogP contribution in [-0.2, 0) is 4.79 Å². The minimum atomic E-state index is -0.980. The minimum Gasteiger partial charge on any atom is -0.378 e. The number of nitrogens with one attached hydrogen (secondary N) is 1. The van der Waals surface area contributed by atoms with Crippen LogP contribution < -0.4 is 5.32 Å². The normalized spacial score (nSPS) is 21.2. The molecule has 0 radical (unpaired) electrons. The number of carbonyl (C=O) groups excluding carboxylic acids is 1. The van der Waals surface area contributed by atoms with Crippen molar-refractivity contribution in [3.8, 4) is 0 Å². The minimum absolute atomic E-state index is 0.341. The van der Waals surface area contributed by atoms with Crippen LogP contribution in [0.25, 0.3) is 0 Å². The number of para-hydroxylation sites is 1. The van der Waals surface area contributed by atoms with Crippen LogP contribution in [-0.4, -0.2) is 11.0 Å². The number of anilines is 1. The van der Waals surface area contributed by atoms with E-state index in [2.05, 4.69) is 5.32 Å². The predicted molar refractivity (Wildman–Crippen MR) is 40.0 cm³/mol. The largest absolute Gasteiger partial charge is 0.378 e. The first kappa shape index (κ1) is 6.37. The molecule has 0 unspecified atom stereocenters. The van der Waals surface area contributed by atoms with Crippen LogP contribution in [0.5, 0.6) is 0 Å². The molecule has 1 heterocycles. The number of hydrogen-bond donors (Lipinski definition) is 2. The number of aliphatic hydroxyl groups excluding tert-OH is 1. The van der Waals surface area contributed by atoms with Gasteiger partial charge in [0.2, 0.25) is 0 Å². The van der Waals surface area contributed by atoms with Crippen LogP contribution in [0.15, 0.2) is 24.3 Å². The van der Waals surface area contributed by atoms with Gasteiger partial charge in [0.25, 0.3) is 5.91 Å². The number of rotatable bonds is 0. The molecule has 1 aromatic rings. The Morgan fingerprint density at radius 3 is 2.82 bits per heavy atom. The first-order valence-electron chi connectivity index (χ1n) is 3.37. The van der Waals surface area contributed by atoms with Crippen molar-refractivity contribution in [2.75, 3.05) is 5.32 Å². The summed E-state index contributed by atoms with van der Waals surface area (Å²) < 4.78 is 0. The van der Waals surface area contributed by atoms with E-state index < -0.39 is 6.10 Å². The van der Waals surface area contributed by atoms with E-state index in [-0.39, 0.29) is 5.91 Å². The molecule has 1 aliphatic rings. The first-order chi connectivity index (χ1) is 5.29. The van der Waals surface area contributed by atoms with Gasteiger partial charge in [-0.05, 0) is 6.07 Å². The molecule has 1 aromatic carbocycles. The molecule has 1 aliphatic heterocycles. The summed E-state index contributed by atoms with van der Waals surface area (Å²) in [6.07, 6.45) is -0.980. The zero-order valence-corrected chi connectivity index (χ0v) is 5.74. The molecule has 0 fully saturated rings. The van der Waals surface area contributed by atoms with Gasteiger partial charge < -0.3 is 10.4 Å². The molecule has 0 spiro atoms. The standard InChI is InChI=1S/C8H7NO2/c10-7-5-3-1-2-4-6(5)9-8(7)11/h1-4,7,10H,(H,9,11)/t7-/m0/s1. The smallest absolute Gasteiger partial charge is 0.257 e. The second-order valence-electron chi connectivity index (χ2n) is 2.48. The molecule has 3 nitrogen and oxygen atoms in total. The van der Waals surface area contributed by atoms with E-state index in [0.29, 0.717) is 11.3 Å². The third-order valence-corrected chi connectivity index (χ3v) is 1.76. The van der Waals surface area contributed by atoms with E-state index in [1.807, 2.05) is 6.07 Å². The van der Waals surface area contributed by atoms with E-state index in [1.165, 1.54) is 0 Å². The topological polar surface area (TPSA) is 49.3 Å². The Bertz CT molecular complexity index is 309. The fraction of sp³-hybridized carbons (Fsp3) is 0.125. The van der Waals surface area contributed by atoms with Crippen LogP contribution >= 0.6 is 0 Å². The zero-order chi connectivity index (χ0) is 7.84. The molecule has 2 N–H and O–H groups in total. The average Bonchev–Trinajstić information content (AvgIpc) is 2.30. The Hall–Kier alpha value is -1.35. The maximum absolute atomic E-state index is 10.9. The number of amides is 1. The molecule has 0 aromatic heterocycles. The summed E-state index contributed by atoms with van der Waals surface area (Å²) in [5, 5.41) is 11.8. The highest BCUT2D eigenvalue weighted by molar-refractivity contribution is 6.01. The highest BCUT2D eigenvalue weighted by Crippen LogP contribution is 2.29. The molecular weight excluding hydrogens is 142 g/mol. The summed E-state index contributed by atoms with van der Waals surface area (Å²) in [7, 11) is 0. The lowest BCUT2D eigenvalue weighted by molar-refractivity contribution is -0.123. The summed E-state index contributed by atoms with van der Waals surface area (Å²) in [6, 6.07) is 7.11. The molecule has 0 aliphatic carbocycles. The fourth-order valence-electron chi connectivity index (χ4n) is 1.19. The van der Waals surface area contributed by atoms with E-state index in [1.54, 1.807) is 18.2 Å². The summed E-state index contributed by atoms with van der Waals surface area (Å²) in [5.41, 5.74) is 1.38.